The summed E-state index contributed by atoms with van der Waals surface area (Å²) in [6, 6.07) is 6.61. The highest BCUT2D eigenvalue weighted by molar-refractivity contribution is 5.88. The van der Waals surface area contributed by atoms with E-state index in [-0.39, 0.29) is 11.3 Å². The Hall–Kier alpha value is -1.75. The number of nitrogens with zero attached hydrogens (tertiary/aromatic N) is 1. The predicted molar refractivity (Wildman–Crippen MR) is 82.5 cm³/mol. The fourth-order valence-electron chi connectivity index (χ4n) is 2.05. The molecule has 0 heterocycles. The molecule has 5 nitrogen and oxygen atoms in total. The first kappa shape index (κ1) is 15.6. The molecule has 0 aliphatic heterocycles. The molecular weight excluding hydrogens is 268 g/mol. The third kappa shape index (κ3) is 4.63. The Balaban J connectivity index is 2.14. The molecular formula is C16H24N2O3. The van der Waals surface area contributed by atoms with Crippen molar-refractivity contribution in [3.05, 3.63) is 24.3 Å². The Morgan fingerprint density at radius 2 is 2.10 bits per heavy atom. The van der Waals surface area contributed by atoms with Crippen LogP contribution in [0, 0.1) is 0 Å². The number of anilines is 1. The lowest BCUT2D eigenvalue weighted by molar-refractivity contribution is 0.0579. The zero-order valence-corrected chi connectivity index (χ0v) is 12.9. The average molecular weight is 292 g/mol. The van der Waals surface area contributed by atoms with Crippen molar-refractivity contribution in [3.8, 4) is 5.75 Å². The fraction of sp³-hybridized carbons (Fsp3) is 0.562. The summed E-state index contributed by atoms with van der Waals surface area (Å²) in [7, 11) is 0. The van der Waals surface area contributed by atoms with Gasteiger partial charge < -0.3 is 15.6 Å². The molecule has 1 aromatic carbocycles. The molecule has 5 heteroatoms. The minimum atomic E-state index is -0.563. The van der Waals surface area contributed by atoms with Crippen LogP contribution in [0.2, 0.25) is 0 Å². The molecule has 0 bridgehead atoms. The zero-order valence-electron chi connectivity index (χ0n) is 12.9. The molecule has 0 saturated heterocycles. The number of ether oxygens (including phenoxy) is 1. The van der Waals surface area contributed by atoms with Crippen LogP contribution in [0.3, 0.4) is 0 Å². The summed E-state index contributed by atoms with van der Waals surface area (Å²) in [5.41, 5.74) is 6.02. The minimum absolute atomic E-state index is 0.120. The molecule has 0 atom stereocenters. The number of aromatic hydroxyl groups is 1. The number of hydrogen-bond acceptors (Lipinski definition) is 4. The van der Waals surface area contributed by atoms with Crippen LogP contribution in [-0.4, -0.2) is 28.9 Å². The van der Waals surface area contributed by atoms with Crippen molar-refractivity contribution in [2.24, 2.45) is 5.73 Å². The van der Waals surface area contributed by atoms with Crippen LogP contribution in [0.25, 0.3) is 0 Å². The Kier molecular flexibility index (Phi) is 4.14. The molecule has 1 aromatic rings. The maximum atomic E-state index is 12.4. The lowest BCUT2D eigenvalue weighted by atomic mass is 10.1. The van der Waals surface area contributed by atoms with E-state index in [2.05, 4.69) is 0 Å². The number of phenolic OH excluding ortho intramolecular Hbond substituents is 1. The van der Waals surface area contributed by atoms with Crippen LogP contribution in [0.5, 0.6) is 5.75 Å². The lowest BCUT2D eigenvalue weighted by Crippen LogP contribution is -2.39. The van der Waals surface area contributed by atoms with E-state index >= 15 is 0 Å². The van der Waals surface area contributed by atoms with Gasteiger partial charge in [-0.05, 0) is 52.2 Å². The number of nitrogens with two attached hydrogens (primary N) is 1. The minimum Gasteiger partial charge on any atom is -0.508 e. The van der Waals surface area contributed by atoms with Crippen LogP contribution < -0.4 is 10.6 Å². The maximum absolute atomic E-state index is 12.4. The van der Waals surface area contributed by atoms with Crippen molar-refractivity contribution in [2.75, 3.05) is 11.4 Å². The number of carbonyl (C=O) groups excluding carboxylic acids is 1. The Labute approximate surface area is 125 Å². The van der Waals surface area contributed by atoms with Gasteiger partial charge in [0.1, 0.15) is 11.4 Å². The van der Waals surface area contributed by atoms with E-state index < -0.39 is 11.7 Å². The van der Waals surface area contributed by atoms with Gasteiger partial charge in [-0.25, -0.2) is 4.79 Å². The molecule has 21 heavy (non-hydrogen) atoms. The molecule has 0 unspecified atom stereocenters. The number of amides is 1. The highest BCUT2D eigenvalue weighted by atomic mass is 16.6. The number of carbonyl (C=O) groups is 1. The Bertz CT molecular complexity index is 518. The van der Waals surface area contributed by atoms with Gasteiger partial charge in [0.05, 0.1) is 5.69 Å². The second-order valence-electron chi connectivity index (χ2n) is 6.76. The molecule has 116 valence electrons. The van der Waals surface area contributed by atoms with Crippen molar-refractivity contribution in [3.63, 3.8) is 0 Å². The number of phenols is 1. The van der Waals surface area contributed by atoms with E-state index in [1.54, 1.807) is 24.3 Å². The smallest absolute Gasteiger partial charge is 0.414 e. The summed E-state index contributed by atoms with van der Waals surface area (Å²) < 4.78 is 5.44. The topological polar surface area (TPSA) is 75.8 Å². The summed E-state index contributed by atoms with van der Waals surface area (Å²) in [4.78, 5) is 13.9. The van der Waals surface area contributed by atoms with E-state index in [0.29, 0.717) is 12.2 Å². The largest absolute Gasteiger partial charge is 0.508 e. The van der Waals surface area contributed by atoms with Crippen molar-refractivity contribution in [2.45, 2.75) is 51.2 Å². The van der Waals surface area contributed by atoms with Crippen molar-refractivity contribution < 1.29 is 14.6 Å². The van der Waals surface area contributed by atoms with E-state index in [4.69, 9.17) is 10.5 Å². The monoisotopic (exact) mass is 292 g/mol. The molecule has 0 radical (unpaired) electrons. The predicted octanol–water partition coefficient (Wildman–Crippen LogP) is 3.02. The van der Waals surface area contributed by atoms with Gasteiger partial charge in [-0.3, -0.25) is 4.90 Å². The Morgan fingerprint density at radius 3 is 2.62 bits per heavy atom. The van der Waals surface area contributed by atoms with Gasteiger partial charge in [0.2, 0.25) is 0 Å². The van der Waals surface area contributed by atoms with Crippen molar-refractivity contribution in [1.82, 2.24) is 0 Å². The second kappa shape index (κ2) is 5.56. The third-order valence-corrected chi connectivity index (χ3v) is 3.48. The first-order valence-corrected chi connectivity index (χ1v) is 7.27. The van der Waals surface area contributed by atoms with Crippen molar-refractivity contribution >= 4 is 11.8 Å². The van der Waals surface area contributed by atoms with Crippen molar-refractivity contribution in [1.29, 1.82) is 0 Å². The first-order valence-electron chi connectivity index (χ1n) is 7.27. The normalized spacial score (nSPS) is 16.4. The summed E-state index contributed by atoms with van der Waals surface area (Å²) in [6.07, 6.45) is 2.30. The van der Waals surface area contributed by atoms with Gasteiger partial charge in [0.15, 0.2) is 0 Å². The summed E-state index contributed by atoms with van der Waals surface area (Å²) in [5, 5.41) is 9.61. The fourth-order valence-corrected chi connectivity index (χ4v) is 2.05. The maximum Gasteiger partial charge on any atom is 0.414 e. The SMILES string of the molecule is CC(C)(C)OC(=O)N(CCC1(N)CC1)c1cccc(O)c1. The van der Waals surface area contributed by atoms with Gasteiger partial charge in [-0.2, -0.15) is 0 Å². The van der Waals surface area contributed by atoms with Gasteiger partial charge >= 0.3 is 6.09 Å². The zero-order chi connectivity index (χ0) is 15.7. The third-order valence-electron chi connectivity index (χ3n) is 3.48. The van der Waals surface area contributed by atoms with Crippen LogP contribution >= 0.6 is 0 Å². The molecule has 1 amide bonds. The van der Waals surface area contributed by atoms with E-state index in [9.17, 15) is 9.90 Å². The van der Waals surface area contributed by atoms with Crippen LogP contribution in [0.15, 0.2) is 24.3 Å². The van der Waals surface area contributed by atoms with Gasteiger partial charge in [0.25, 0.3) is 0 Å². The average Bonchev–Trinajstić information content (AvgIpc) is 3.05. The van der Waals surface area contributed by atoms with Gasteiger partial charge in [-0.15, -0.1) is 0 Å². The van der Waals surface area contributed by atoms with Crippen LogP contribution in [0.4, 0.5) is 10.5 Å². The van der Waals surface area contributed by atoms with E-state index in [0.717, 1.165) is 19.3 Å². The van der Waals surface area contributed by atoms with E-state index in [1.165, 1.54) is 4.90 Å². The number of benzene rings is 1. The molecule has 2 rings (SSSR count). The lowest BCUT2D eigenvalue weighted by Gasteiger charge is -2.28. The number of hydrogen-bond donors (Lipinski definition) is 2. The molecule has 0 aromatic heterocycles. The number of rotatable bonds is 4. The summed E-state index contributed by atoms with van der Waals surface area (Å²) in [5.74, 6) is 0.120. The first-order chi connectivity index (χ1) is 9.69. The summed E-state index contributed by atoms with van der Waals surface area (Å²) in [6.45, 7) is 5.97. The van der Waals surface area contributed by atoms with E-state index in [1.807, 2.05) is 20.8 Å². The highest BCUT2D eigenvalue weighted by Crippen LogP contribution is 2.36. The summed E-state index contributed by atoms with van der Waals surface area (Å²) >= 11 is 0. The standard InChI is InChI=1S/C16H24N2O3/c1-15(2,3)21-14(20)18(10-9-16(17)7-8-16)12-5-4-6-13(19)11-12/h4-6,11,19H,7-10,17H2,1-3H3. The second-order valence-corrected chi connectivity index (χ2v) is 6.76. The Morgan fingerprint density at radius 1 is 1.43 bits per heavy atom. The molecule has 1 fully saturated rings. The van der Waals surface area contributed by atoms with Crippen LogP contribution in [-0.2, 0) is 4.74 Å². The molecule has 1 saturated carbocycles. The quantitative estimate of drug-likeness (QED) is 0.894. The van der Waals surface area contributed by atoms with Gasteiger partial charge in [0, 0.05) is 18.2 Å². The molecule has 0 spiro atoms. The highest BCUT2D eigenvalue weighted by Gasteiger charge is 2.38. The molecule has 1 aliphatic carbocycles. The molecule has 1 aliphatic rings. The van der Waals surface area contributed by atoms with Gasteiger partial charge in [-0.1, -0.05) is 6.07 Å². The molecule has 3 N–H and O–H groups in total. The van der Waals surface area contributed by atoms with Crippen LogP contribution in [0.1, 0.15) is 40.0 Å².